The van der Waals surface area contributed by atoms with E-state index in [1.165, 1.54) is 79.8 Å². The molecule has 0 radical (unpaired) electrons. The summed E-state index contributed by atoms with van der Waals surface area (Å²) in [6.45, 7) is 2.05. The molecular weight excluding hydrogens is 419 g/mol. The average molecular weight is 454 g/mol. The van der Waals surface area contributed by atoms with Crippen LogP contribution in [0.2, 0.25) is 0 Å². The molecule has 1 atom stereocenters. The van der Waals surface area contributed by atoms with Crippen molar-refractivity contribution in [2.45, 2.75) is 90.4 Å². The number of carbonyl (C=O) groups is 1. The van der Waals surface area contributed by atoms with E-state index in [4.69, 9.17) is 5.11 Å². The number of halogens is 1. The van der Waals surface area contributed by atoms with Crippen LogP contribution in [0.5, 0.6) is 0 Å². The maximum Gasteiger partial charge on any atom is 0.303 e. The van der Waals surface area contributed by atoms with Crippen molar-refractivity contribution < 1.29 is 9.90 Å². The van der Waals surface area contributed by atoms with Crippen molar-refractivity contribution in [3.05, 3.63) is 33.4 Å². The molecule has 3 heteroatoms. The molecule has 0 aromatic heterocycles. The second-order valence-corrected chi connectivity index (χ2v) is 8.65. The van der Waals surface area contributed by atoms with Crippen LogP contribution < -0.4 is 0 Å². The van der Waals surface area contributed by atoms with Crippen LogP contribution >= 0.6 is 22.6 Å². The third-order valence-electron chi connectivity index (χ3n) is 4.85. The highest BCUT2D eigenvalue weighted by atomic mass is 123. The maximum atomic E-state index is 10.6. The van der Waals surface area contributed by atoms with Crippen molar-refractivity contribution in [2.24, 2.45) is 5.92 Å². The molecule has 25 heavy (non-hydrogen) atoms. The van der Waals surface area contributed by atoms with E-state index in [1.54, 1.807) is 0 Å². The number of rotatable bonds is 15. The molecule has 0 aliphatic heterocycles. The van der Waals surface area contributed by atoms with Gasteiger partial charge in [-0.2, -0.15) is 0 Å². The molecule has 0 aliphatic carbocycles. The number of aliphatic carboxylic acids is 1. The Hall–Kier alpha value is -0.580. The van der Waals surface area contributed by atoms with Gasteiger partial charge in [-0.3, -0.25) is 4.79 Å². The Morgan fingerprint density at radius 2 is 1.36 bits per heavy atom. The highest BCUT2D eigenvalue weighted by molar-refractivity contribution is 14.1. The smallest absolute Gasteiger partial charge is 0.303 e. The normalized spacial score (nSPS) is 12.2. The van der Waals surface area contributed by atoms with E-state index in [0.717, 1.165) is 6.42 Å². The van der Waals surface area contributed by atoms with Crippen molar-refractivity contribution in [3.63, 3.8) is 0 Å². The van der Waals surface area contributed by atoms with Gasteiger partial charge in [0, 0.05) is 9.99 Å². The molecular formula is C22H35IO2. The van der Waals surface area contributed by atoms with Crippen LogP contribution in [-0.4, -0.2) is 11.1 Å². The summed E-state index contributed by atoms with van der Waals surface area (Å²) in [7, 11) is 0. The molecule has 1 rings (SSSR count). The second kappa shape index (κ2) is 14.6. The van der Waals surface area contributed by atoms with Crippen LogP contribution in [-0.2, 0) is 11.2 Å². The summed E-state index contributed by atoms with van der Waals surface area (Å²) in [5.74, 6) is -0.331. The minimum atomic E-state index is -0.661. The molecule has 0 spiro atoms. The fourth-order valence-corrected chi connectivity index (χ4v) is 3.65. The Balaban J connectivity index is 1.81. The SMILES string of the molecule is C[C@@H](CCCCCCCCCCCCc1ccc([123I])cc1)CC(=O)O. The third kappa shape index (κ3) is 13.3. The van der Waals surface area contributed by atoms with Gasteiger partial charge in [0.1, 0.15) is 0 Å². The molecule has 0 bridgehead atoms. The molecule has 0 aliphatic rings. The van der Waals surface area contributed by atoms with Gasteiger partial charge in [-0.25, -0.2) is 0 Å². The summed E-state index contributed by atoms with van der Waals surface area (Å²) in [4.78, 5) is 10.6. The number of carboxylic acid groups (broad SMARTS) is 1. The van der Waals surface area contributed by atoms with Crippen molar-refractivity contribution >= 4 is 28.6 Å². The van der Waals surface area contributed by atoms with E-state index in [-0.39, 0.29) is 0 Å². The van der Waals surface area contributed by atoms with Gasteiger partial charge in [0.25, 0.3) is 0 Å². The van der Waals surface area contributed by atoms with Crippen LogP contribution in [0.4, 0.5) is 0 Å². The third-order valence-corrected chi connectivity index (χ3v) is 5.57. The fraction of sp³-hybridized carbons (Fsp3) is 0.682. The molecule has 0 amide bonds. The molecule has 0 saturated carbocycles. The summed E-state index contributed by atoms with van der Waals surface area (Å²) < 4.78 is 1.32. The summed E-state index contributed by atoms with van der Waals surface area (Å²) in [6, 6.07) is 8.90. The first-order valence-electron chi connectivity index (χ1n) is 10.0. The van der Waals surface area contributed by atoms with Gasteiger partial charge in [-0.05, 0) is 59.0 Å². The molecule has 0 unspecified atom stereocenters. The Morgan fingerprint density at radius 3 is 1.88 bits per heavy atom. The summed E-state index contributed by atoms with van der Waals surface area (Å²) in [5.41, 5.74) is 1.47. The summed E-state index contributed by atoms with van der Waals surface area (Å²) in [5, 5.41) is 8.73. The summed E-state index contributed by atoms with van der Waals surface area (Å²) >= 11 is 2.36. The standard InChI is InChI=1S/C22H35IO2/c1-19(18-22(24)25)12-10-8-6-4-2-3-5-7-9-11-13-20-14-16-21(23)17-15-20/h14-17,19H,2-13,18H2,1H3,(H,24,25)/t19-/m0/s1/i23-4. The summed E-state index contributed by atoms with van der Waals surface area (Å²) in [6.07, 6.45) is 15.9. The highest BCUT2D eigenvalue weighted by Gasteiger charge is 2.06. The van der Waals surface area contributed by atoms with Gasteiger partial charge in [-0.1, -0.05) is 83.3 Å². The van der Waals surface area contributed by atoms with Gasteiger partial charge in [0.05, 0.1) is 0 Å². The average Bonchev–Trinajstić information content (AvgIpc) is 2.57. The molecule has 1 aromatic carbocycles. The zero-order valence-electron chi connectivity index (χ0n) is 15.8. The first-order chi connectivity index (χ1) is 12.1. The number of aryl methyl sites for hydroxylation is 1. The van der Waals surface area contributed by atoms with Crippen LogP contribution in [0.25, 0.3) is 0 Å². The topological polar surface area (TPSA) is 37.3 Å². The predicted octanol–water partition coefficient (Wildman–Crippen LogP) is 7.24. The Morgan fingerprint density at radius 1 is 0.880 bits per heavy atom. The van der Waals surface area contributed by atoms with Crippen molar-refractivity contribution in [1.29, 1.82) is 0 Å². The molecule has 142 valence electrons. The Kier molecular flexibility index (Phi) is 13.1. The highest BCUT2D eigenvalue weighted by Crippen LogP contribution is 2.16. The Bertz CT molecular complexity index is 456. The van der Waals surface area contributed by atoms with Crippen molar-refractivity contribution in [3.8, 4) is 0 Å². The number of hydrogen-bond acceptors (Lipinski definition) is 1. The lowest BCUT2D eigenvalue weighted by Gasteiger charge is -2.08. The van der Waals surface area contributed by atoms with Crippen LogP contribution in [0.1, 0.15) is 89.5 Å². The van der Waals surface area contributed by atoms with Gasteiger partial charge in [0.2, 0.25) is 0 Å². The lowest BCUT2D eigenvalue weighted by molar-refractivity contribution is -0.138. The predicted molar refractivity (Wildman–Crippen MR) is 115 cm³/mol. The molecule has 0 fully saturated rings. The van der Waals surface area contributed by atoms with Gasteiger partial charge in [-0.15, -0.1) is 0 Å². The quantitative estimate of drug-likeness (QED) is 0.224. The number of carboxylic acids is 1. The van der Waals surface area contributed by atoms with E-state index >= 15 is 0 Å². The van der Waals surface area contributed by atoms with Gasteiger partial charge < -0.3 is 5.11 Å². The molecule has 0 saturated heterocycles. The van der Waals surface area contributed by atoms with E-state index in [0.29, 0.717) is 12.3 Å². The first kappa shape index (κ1) is 22.5. The minimum absolute atomic E-state index is 0.323. The molecule has 0 heterocycles. The van der Waals surface area contributed by atoms with Crippen LogP contribution in [0, 0.1) is 9.49 Å². The van der Waals surface area contributed by atoms with E-state index in [9.17, 15) is 4.79 Å². The Labute approximate surface area is 167 Å². The molecule has 1 N–H and O–H groups in total. The van der Waals surface area contributed by atoms with Gasteiger partial charge >= 0.3 is 5.97 Å². The monoisotopic (exact) mass is 454 g/mol. The zero-order valence-corrected chi connectivity index (χ0v) is 18.0. The molecule has 2 nitrogen and oxygen atoms in total. The lowest BCUT2D eigenvalue weighted by atomic mass is 9.99. The largest absolute Gasteiger partial charge is 0.481 e. The van der Waals surface area contributed by atoms with Crippen LogP contribution in [0.3, 0.4) is 0 Å². The first-order valence-corrected chi connectivity index (χ1v) is 11.1. The van der Waals surface area contributed by atoms with Crippen molar-refractivity contribution in [2.75, 3.05) is 0 Å². The minimum Gasteiger partial charge on any atom is -0.481 e. The number of unbranched alkanes of at least 4 members (excludes halogenated alkanes) is 9. The number of benzene rings is 1. The van der Waals surface area contributed by atoms with E-state index < -0.39 is 5.97 Å². The van der Waals surface area contributed by atoms with E-state index in [1.807, 2.05) is 6.92 Å². The molecule has 1 aromatic rings. The second-order valence-electron chi connectivity index (χ2n) is 7.40. The lowest BCUT2D eigenvalue weighted by Crippen LogP contribution is -2.03. The maximum absolute atomic E-state index is 10.6. The zero-order chi connectivity index (χ0) is 18.3. The number of hydrogen-bond donors (Lipinski definition) is 1. The van der Waals surface area contributed by atoms with E-state index in [2.05, 4.69) is 46.9 Å². The van der Waals surface area contributed by atoms with Crippen LogP contribution in [0.15, 0.2) is 24.3 Å². The van der Waals surface area contributed by atoms with Crippen molar-refractivity contribution in [1.82, 2.24) is 0 Å². The van der Waals surface area contributed by atoms with Gasteiger partial charge in [0.15, 0.2) is 0 Å². The fourth-order valence-electron chi connectivity index (χ4n) is 3.29.